The minimum Gasteiger partial charge on any atom is -0.493 e. The Bertz CT molecular complexity index is 1340. The van der Waals surface area contributed by atoms with Crippen LogP contribution in [0, 0.1) is 13.8 Å². The van der Waals surface area contributed by atoms with Crippen LogP contribution in [0.4, 0.5) is 0 Å². The number of hydrogen-bond acceptors (Lipinski definition) is 8. The SMILES string of the molecule is COc1ccc(-c2nnc3ccc(OCCNC(=O)COc4ccc(C)c(C)c4)nn23)cc1OC. The third-order valence-electron chi connectivity index (χ3n) is 5.40. The van der Waals surface area contributed by atoms with Crippen LogP contribution in [0.3, 0.4) is 0 Å². The monoisotopic (exact) mass is 477 g/mol. The van der Waals surface area contributed by atoms with Crippen molar-refractivity contribution in [1.29, 1.82) is 0 Å². The average Bonchev–Trinajstić information content (AvgIpc) is 3.30. The highest BCUT2D eigenvalue weighted by molar-refractivity contribution is 5.77. The highest BCUT2D eigenvalue weighted by Gasteiger charge is 2.14. The van der Waals surface area contributed by atoms with Crippen LogP contribution in [0.5, 0.6) is 23.1 Å². The zero-order valence-corrected chi connectivity index (χ0v) is 20.1. The summed E-state index contributed by atoms with van der Waals surface area (Å²) in [5.41, 5.74) is 3.62. The molecule has 4 aromatic rings. The first-order valence-electron chi connectivity index (χ1n) is 11.0. The van der Waals surface area contributed by atoms with E-state index in [2.05, 4.69) is 20.6 Å². The van der Waals surface area contributed by atoms with Gasteiger partial charge in [-0.1, -0.05) is 6.07 Å². The topological polar surface area (TPSA) is 109 Å². The number of carbonyl (C=O) groups is 1. The molecule has 0 aliphatic carbocycles. The number of amides is 1. The van der Waals surface area contributed by atoms with E-state index in [0.717, 1.165) is 11.1 Å². The fraction of sp³-hybridized carbons (Fsp3) is 0.280. The summed E-state index contributed by atoms with van der Waals surface area (Å²) in [6.45, 7) is 4.50. The van der Waals surface area contributed by atoms with E-state index in [4.69, 9.17) is 18.9 Å². The smallest absolute Gasteiger partial charge is 0.258 e. The molecule has 0 spiro atoms. The van der Waals surface area contributed by atoms with Gasteiger partial charge in [0.15, 0.2) is 29.6 Å². The largest absolute Gasteiger partial charge is 0.493 e. The molecule has 10 nitrogen and oxygen atoms in total. The first-order valence-corrected chi connectivity index (χ1v) is 11.0. The standard InChI is InChI=1S/C25H27N5O5/c1-16-5-7-19(13-17(16)2)35-15-23(31)26-11-12-34-24-10-9-22-27-28-25(30(22)29-24)18-6-8-20(32-3)21(14-18)33-4/h5-10,13-14H,11-12,15H2,1-4H3,(H,26,31). The van der Waals surface area contributed by atoms with Crippen molar-refractivity contribution in [2.24, 2.45) is 0 Å². The Balaban J connectivity index is 1.33. The number of hydrogen-bond donors (Lipinski definition) is 1. The van der Waals surface area contributed by atoms with Crippen molar-refractivity contribution < 1.29 is 23.7 Å². The minimum atomic E-state index is -0.232. The third-order valence-corrected chi connectivity index (χ3v) is 5.40. The number of fused-ring (bicyclic) bond motifs is 1. The zero-order chi connectivity index (χ0) is 24.8. The average molecular weight is 478 g/mol. The van der Waals surface area contributed by atoms with Crippen LogP contribution in [0.15, 0.2) is 48.5 Å². The summed E-state index contributed by atoms with van der Waals surface area (Å²) in [5.74, 6) is 2.53. The van der Waals surface area contributed by atoms with Gasteiger partial charge >= 0.3 is 0 Å². The lowest BCUT2D eigenvalue weighted by Gasteiger charge is -2.10. The van der Waals surface area contributed by atoms with E-state index in [0.29, 0.717) is 41.1 Å². The molecule has 0 aliphatic rings. The van der Waals surface area contributed by atoms with Gasteiger partial charge < -0.3 is 24.3 Å². The van der Waals surface area contributed by atoms with Crippen molar-refractivity contribution in [3.8, 4) is 34.5 Å². The Hall–Kier alpha value is -4.34. The van der Waals surface area contributed by atoms with Crippen LogP contribution < -0.4 is 24.3 Å². The van der Waals surface area contributed by atoms with Crippen molar-refractivity contribution in [3.63, 3.8) is 0 Å². The number of benzene rings is 2. The molecule has 0 atom stereocenters. The lowest BCUT2D eigenvalue weighted by Crippen LogP contribution is -2.32. The fourth-order valence-electron chi connectivity index (χ4n) is 3.35. The van der Waals surface area contributed by atoms with Gasteiger partial charge in [0.2, 0.25) is 5.88 Å². The van der Waals surface area contributed by atoms with E-state index < -0.39 is 0 Å². The molecule has 0 aliphatic heterocycles. The maximum Gasteiger partial charge on any atom is 0.258 e. The van der Waals surface area contributed by atoms with E-state index in [-0.39, 0.29) is 19.1 Å². The van der Waals surface area contributed by atoms with Gasteiger partial charge in [0.25, 0.3) is 5.91 Å². The van der Waals surface area contributed by atoms with E-state index in [1.54, 1.807) is 43.0 Å². The van der Waals surface area contributed by atoms with Gasteiger partial charge in [-0.05, 0) is 61.4 Å². The number of nitrogens with one attached hydrogen (secondary N) is 1. The van der Waals surface area contributed by atoms with Gasteiger partial charge in [0, 0.05) is 11.6 Å². The van der Waals surface area contributed by atoms with Gasteiger partial charge in [-0.15, -0.1) is 15.3 Å². The Kier molecular flexibility index (Phi) is 7.30. The molecule has 2 heterocycles. The van der Waals surface area contributed by atoms with E-state index >= 15 is 0 Å². The summed E-state index contributed by atoms with van der Waals surface area (Å²) in [5, 5.41) is 15.6. The number of carbonyl (C=O) groups excluding carboxylic acids is 1. The maximum atomic E-state index is 12.1. The van der Waals surface area contributed by atoms with Crippen LogP contribution in [0.1, 0.15) is 11.1 Å². The molecule has 1 amide bonds. The first-order chi connectivity index (χ1) is 17.0. The molecule has 10 heteroatoms. The van der Waals surface area contributed by atoms with Crippen LogP contribution in [-0.2, 0) is 4.79 Å². The normalized spacial score (nSPS) is 10.7. The predicted octanol–water partition coefficient (Wildman–Crippen LogP) is 3.00. The Morgan fingerprint density at radius 3 is 2.51 bits per heavy atom. The van der Waals surface area contributed by atoms with Crippen molar-refractivity contribution >= 4 is 11.6 Å². The summed E-state index contributed by atoms with van der Waals surface area (Å²) in [6.07, 6.45) is 0. The number of rotatable bonds is 10. The minimum absolute atomic E-state index is 0.0674. The molecule has 1 N–H and O–H groups in total. The molecule has 0 unspecified atom stereocenters. The Morgan fingerprint density at radius 1 is 0.914 bits per heavy atom. The van der Waals surface area contributed by atoms with E-state index in [9.17, 15) is 4.79 Å². The van der Waals surface area contributed by atoms with Gasteiger partial charge in [0.05, 0.1) is 20.8 Å². The second-order valence-corrected chi connectivity index (χ2v) is 7.77. The molecule has 0 saturated carbocycles. The number of aryl methyl sites for hydroxylation is 2. The van der Waals surface area contributed by atoms with Crippen molar-refractivity contribution in [2.75, 3.05) is 34.0 Å². The number of methoxy groups -OCH3 is 2. The van der Waals surface area contributed by atoms with Crippen LogP contribution in [0.25, 0.3) is 17.0 Å². The number of ether oxygens (including phenoxy) is 4. The van der Waals surface area contributed by atoms with Gasteiger partial charge in [0.1, 0.15) is 12.4 Å². The second-order valence-electron chi connectivity index (χ2n) is 7.77. The molecule has 0 radical (unpaired) electrons. The molecular formula is C25H27N5O5. The zero-order valence-electron chi connectivity index (χ0n) is 20.1. The number of aromatic nitrogens is 4. The fourth-order valence-corrected chi connectivity index (χ4v) is 3.35. The maximum absolute atomic E-state index is 12.1. The summed E-state index contributed by atoms with van der Waals surface area (Å²) < 4.78 is 23.5. The summed E-state index contributed by atoms with van der Waals surface area (Å²) in [6, 6.07) is 14.6. The molecule has 0 fully saturated rings. The Morgan fingerprint density at radius 2 is 1.74 bits per heavy atom. The molecular weight excluding hydrogens is 450 g/mol. The van der Waals surface area contributed by atoms with E-state index in [1.165, 1.54) is 5.56 Å². The summed E-state index contributed by atoms with van der Waals surface area (Å²) >= 11 is 0. The lowest BCUT2D eigenvalue weighted by molar-refractivity contribution is -0.123. The van der Waals surface area contributed by atoms with Crippen molar-refractivity contribution in [1.82, 2.24) is 25.1 Å². The predicted molar refractivity (Wildman–Crippen MR) is 129 cm³/mol. The first kappa shape index (κ1) is 23.8. The van der Waals surface area contributed by atoms with Gasteiger partial charge in [-0.3, -0.25) is 4.79 Å². The molecule has 0 saturated heterocycles. The molecule has 4 rings (SSSR count). The number of nitrogens with zero attached hydrogens (tertiary/aromatic N) is 4. The molecule has 0 bridgehead atoms. The van der Waals surface area contributed by atoms with Crippen LogP contribution in [0.2, 0.25) is 0 Å². The van der Waals surface area contributed by atoms with Crippen LogP contribution >= 0.6 is 0 Å². The molecule has 2 aromatic carbocycles. The van der Waals surface area contributed by atoms with Crippen LogP contribution in [-0.4, -0.2) is 59.7 Å². The van der Waals surface area contributed by atoms with Gasteiger partial charge in [-0.25, -0.2) is 0 Å². The van der Waals surface area contributed by atoms with Gasteiger partial charge in [-0.2, -0.15) is 4.52 Å². The lowest BCUT2D eigenvalue weighted by atomic mass is 10.1. The highest BCUT2D eigenvalue weighted by Crippen LogP contribution is 2.31. The van der Waals surface area contributed by atoms with Crippen molar-refractivity contribution in [3.05, 3.63) is 59.7 Å². The summed E-state index contributed by atoms with van der Waals surface area (Å²) in [7, 11) is 3.15. The Labute approximate surface area is 202 Å². The molecule has 35 heavy (non-hydrogen) atoms. The highest BCUT2D eigenvalue weighted by atomic mass is 16.5. The molecule has 182 valence electrons. The summed E-state index contributed by atoms with van der Waals surface area (Å²) in [4.78, 5) is 12.1. The molecule has 2 aromatic heterocycles. The van der Waals surface area contributed by atoms with Crippen molar-refractivity contribution in [2.45, 2.75) is 13.8 Å². The second kappa shape index (κ2) is 10.7. The van der Waals surface area contributed by atoms with E-state index in [1.807, 2.05) is 38.1 Å². The third kappa shape index (κ3) is 5.60. The quantitative estimate of drug-likeness (QED) is 0.347.